The van der Waals surface area contributed by atoms with Gasteiger partial charge in [-0.1, -0.05) is 0 Å². The summed E-state index contributed by atoms with van der Waals surface area (Å²) in [5, 5.41) is 2.95. The molecule has 1 fully saturated rings. The number of rotatable bonds is 7. The molecule has 7 heteroatoms. The standard InChI is InChI=1S/C18H22N4O2S/c1-13-16(25-12-20-13)3-5-18(24)22(10-14-6-8-19-9-7-14)11-15-2-4-17(23)21-15/h6-9,12,15H,2-5,10-11H2,1H3,(H,21,23)/t15-/m0/s1. The van der Waals surface area contributed by atoms with E-state index >= 15 is 0 Å². The molecule has 1 atom stereocenters. The molecule has 0 spiro atoms. The number of thiazole rings is 1. The van der Waals surface area contributed by atoms with Crippen LogP contribution in [0.25, 0.3) is 0 Å². The van der Waals surface area contributed by atoms with Gasteiger partial charge in [0.05, 0.1) is 11.2 Å². The lowest BCUT2D eigenvalue weighted by atomic mass is 10.1. The highest BCUT2D eigenvalue weighted by Gasteiger charge is 2.25. The molecule has 1 N–H and O–H groups in total. The van der Waals surface area contributed by atoms with Gasteiger partial charge in [-0.05, 0) is 37.5 Å². The number of pyridine rings is 1. The number of carbonyl (C=O) groups excluding carboxylic acids is 2. The fraction of sp³-hybridized carbons (Fsp3) is 0.444. The second-order valence-electron chi connectivity index (χ2n) is 6.29. The van der Waals surface area contributed by atoms with Crippen molar-refractivity contribution in [3.63, 3.8) is 0 Å². The molecular formula is C18H22N4O2S. The molecule has 132 valence electrons. The third-order valence-corrected chi connectivity index (χ3v) is 5.41. The molecule has 3 heterocycles. The third-order valence-electron chi connectivity index (χ3n) is 4.41. The van der Waals surface area contributed by atoms with Crippen LogP contribution in [0, 0.1) is 6.92 Å². The quantitative estimate of drug-likeness (QED) is 0.822. The summed E-state index contributed by atoms with van der Waals surface area (Å²) in [4.78, 5) is 35.5. The highest BCUT2D eigenvalue weighted by atomic mass is 32.1. The van der Waals surface area contributed by atoms with Crippen molar-refractivity contribution in [2.24, 2.45) is 0 Å². The zero-order valence-corrected chi connectivity index (χ0v) is 15.1. The highest BCUT2D eigenvalue weighted by Crippen LogP contribution is 2.17. The molecule has 2 amide bonds. The molecule has 6 nitrogen and oxygen atoms in total. The van der Waals surface area contributed by atoms with Crippen LogP contribution in [-0.4, -0.2) is 39.3 Å². The van der Waals surface area contributed by atoms with Crippen molar-refractivity contribution in [1.29, 1.82) is 0 Å². The Morgan fingerprint density at radius 2 is 2.20 bits per heavy atom. The van der Waals surface area contributed by atoms with Gasteiger partial charge in [0.25, 0.3) is 0 Å². The van der Waals surface area contributed by atoms with Gasteiger partial charge in [-0.15, -0.1) is 11.3 Å². The molecule has 0 aliphatic carbocycles. The molecule has 3 rings (SSSR count). The zero-order valence-electron chi connectivity index (χ0n) is 14.3. The summed E-state index contributed by atoms with van der Waals surface area (Å²) in [6.07, 6.45) is 5.95. The van der Waals surface area contributed by atoms with Crippen LogP contribution < -0.4 is 5.32 Å². The fourth-order valence-corrected chi connectivity index (χ4v) is 3.77. The van der Waals surface area contributed by atoms with Gasteiger partial charge in [-0.2, -0.15) is 0 Å². The van der Waals surface area contributed by atoms with E-state index in [9.17, 15) is 9.59 Å². The van der Waals surface area contributed by atoms with Gasteiger partial charge < -0.3 is 10.2 Å². The molecule has 1 aliphatic rings. The SMILES string of the molecule is Cc1ncsc1CCC(=O)N(Cc1ccncc1)C[C@@H]1CCC(=O)N1. The molecule has 0 saturated carbocycles. The summed E-state index contributed by atoms with van der Waals surface area (Å²) in [5.74, 6) is 0.173. The molecule has 0 radical (unpaired) electrons. The Hall–Kier alpha value is -2.28. The molecule has 1 aliphatic heterocycles. The number of aromatic nitrogens is 2. The maximum absolute atomic E-state index is 12.8. The summed E-state index contributed by atoms with van der Waals surface area (Å²) >= 11 is 1.59. The van der Waals surface area contributed by atoms with Crippen LogP contribution in [0.2, 0.25) is 0 Å². The third kappa shape index (κ3) is 4.85. The van der Waals surface area contributed by atoms with Gasteiger partial charge in [0.2, 0.25) is 11.8 Å². The minimum atomic E-state index is 0.0448. The molecule has 0 unspecified atom stereocenters. The number of carbonyl (C=O) groups is 2. The van der Waals surface area contributed by atoms with E-state index in [1.54, 1.807) is 23.7 Å². The van der Waals surface area contributed by atoms with Gasteiger partial charge in [0.1, 0.15) is 0 Å². The average Bonchev–Trinajstić information content (AvgIpc) is 3.21. The van der Waals surface area contributed by atoms with Crippen LogP contribution in [-0.2, 0) is 22.6 Å². The van der Waals surface area contributed by atoms with Crippen LogP contribution in [0.4, 0.5) is 0 Å². The normalized spacial score (nSPS) is 16.7. The van der Waals surface area contributed by atoms with Crippen LogP contribution in [0.3, 0.4) is 0 Å². The lowest BCUT2D eigenvalue weighted by molar-refractivity contribution is -0.132. The maximum Gasteiger partial charge on any atom is 0.223 e. The second kappa shape index (κ2) is 8.20. The van der Waals surface area contributed by atoms with E-state index < -0.39 is 0 Å². The van der Waals surface area contributed by atoms with Crippen molar-refractivity contribution in [3.05, 3.63) is 46.2 Å². The summed E-state index contributed by atoms with van der Waals surface area (Å²) in [7, 11) is 0. The molecule has 2 aromatic rings. The Labute approximate surface area is 151 Å². The predicted molar refractivity (Wildman–Crippen MR) is 96.0 cm³/mol. The molecule has 2 aromatic heterocycles. The molecule has 0 aromatic carbocycles. The van der Waals surface area contributed by atoms with Crippen molar-refractivity contribution >= 4 is 23.2 Å². The van der Waals surface area contributed by atoms with Crippen LogP contribution in [0.5, 0.6) is 0 Å². The first-order chi connectivity index (χ1) is 12.1. The van der Waals surface area contributed by atoms with Gasteiger partial charge >= 0.3 is 0 Å². The van der Waals surface area contributed by atoms with Gasteiger partial charge in [-0.3, -0.25) is 14.6 Å². The minimum absolute atomic E-state index is 0.0448. The smallest absolute Gasteiger partial charge is 0.223 e. The van der Waals surface area contributed by atoms with Crippen molar-refractivity contribution in [2.45, 2.75) is 45.2 Å². The van der Waals surface area contributed by atoms with E-state index in [4.69, 9.17) is 0 Å². The summed E-state index contributed by atoms with van der Waals surface area (Å²) in [6.45, 7) is 3.06. The first-order valence-corrected chi connectivity index (χ1v) is 9.35. The van der Waals surface area contributed by atoms with Crippen molar-refractivity contribution < 1.29 is 9.59 Å². The highest BCUT2D eigenvalue weighted by molar-refractivity contribution is 7.09. The Kier molecular flexibility index (Phi) is 5.75. The van der Waals surface area contributed by atoms with Crippen LogP contribution in [0.15, 0.2) is 30.0 Å². The van der Waals surface area contributed by atoms with Gasteiger partial charge in [0.15, 0.2) is 0 Å². The first-order valence-electron chi connectivity index (χ1n) is 8.47. The number of hydrogen-bond acceptors (Lipinski definition) is 5. The Balaban J connectivity index is 1.64. The van der Waals surface area contributed by atoms with E-state index in [-0.39, 0.29) is 17.9 Å². The van der Waals surface area contributed by atoms with Crippen LogP contribution >= 0.6 is 11.3 Å². The monoisotopic (exact) mass is 358 g/mol. The summed E-state index contributed by atoms with van der Waals surface area (Å²) in [5.41, 5.74) is 3.86. The van der Waals surface area contributed by atoms with E-state index in [1.165, 1.54) is 0 Å². The summed E-state index contributed by atoms with van der Waals surface area (Å²) in [6, 6.07) is 3.88. The van der Waals surface area contributed by atoms with Crippen molar-refractivity contribution in [1.82, 2.24) is 20.2 Å². The van der Waals surface area contributed by atoms with E-state index in [0.29, 0.717) is 32.4 Å². The van der Waals surface area contributed by atoms with Crippen molar-refractivity contribution in [3.8, 4) is 0 Å². The summed E-state index contributed by atoms with van der Waals surface area (Å²) < 4.78 is 0. The zero-order chi connectivity index (χ0) is 17.6. The van der Waals surface area contributed by atoms with E-state index in [0.717, 1.165) is 22.6 Å². The van der Waals surface area contributed by atoms with E-state index in [1.807, 2.05) is 29.5 Å². The Morgan fingerprint density at radius 3 is 2.84 bits per heavy atom. The minimum Gasteiger partial charge on any atom is -0.352 e. The van der Waals surface area contributed by atoms with Crippen molar-refractivity contribution in [2.75, 3.05) is 6.54 Å². The molecular weight excluding hydrogens is 336 g/mol. The van der Waals surface area contributed by atoms with Gasteiger partial charge in [-0.25, -0.2) is 4.98 Å². The average molecular weight is 358 g/mol. The molecule has 1 saturated heterocycles. The largest absolute Gasteiger partial charge is 0.352 e. The lowest BCUT2D eigenvalue weighted by Gasteiger charge is -2.26. The lowest BCUT2D eigenvalue weighted by Crippen LogP contribution is -2.41. The number of nitrogens with one attached hydrogen (secondary N) is 1. The number of aryl methyl sites for hydroxylation is 2. The van der Waals surface area contributed by atoms with Gasteiger partial charge in [0, 0.05) is 49.2 Å². The van der Waals surface area contributed by atoms with E-state index in [2.05, 4.69) is 15.3 Å². The molecule has 25 heavy (non-hydrogen) atoms. The second-order valence-corrected chi connectivity index (χ2v) is 7.23. The first kappa shape index (κ1) is 17.5. The Bertz CT molecular complexity index is 732. The fourth-order valence-electron chi connectivity index (χ4n) is 2.99. The maximum atomic E-state index is 12.8. The predicted octanol–water partition coefficient (Wildman–Crippen LogP) is 2.09. The number of amides is 2. The Morgan fingerprint density at radius 1 is 1.40 bits per heavy atom. The molecule has 0 bridgehead atoms. The number of hydrogen-bond donors (Lipinski definition) is 1. The topological polar surface area (TPSA) is 75.2 Å². The number of nitrogens with zero attached hydrogens (tertiary/aromatic N) is 3. The van der Waals surface area contributed by atoms with Crippen LogP contribution in [0.1, 0.15) is 35.4 Å².